The standard InChI is InChI=1S/C59H62Ge2N6O2S8/c1-12-66(11)57(68)49(72-30-70)22-35-14-16-39(53-51(35)62-76-64-53)47-24-45-55(73-47)41-18-37-21-44-42(19-38(37)20-43(41)60(45,26-31(3)4)27-32(5)6)56-46(61(44,28-33(7)8)29-34(9)10)25-48(74-56)40-17-15-36(52-54(40)65-77-63-52)23-50-58(69)67(13-2)59(71)75-50/h14-25,30-34H,12-13,26-29H2,1-11H3/b49-22-,50-23-. The molecule has 11 rings (SSSR count). The van der Waals surface area contributed by atoms with E-state index in [1.807, 2.05) is 55.7 Å². The van der Waals surface area contributed by atoms with E-state index < -0.39 is 26.5 Å². The number of benzene rings is 4. The summed E-state index contributed by atoms with van der Waals surface area (Å²) in [5.41, 5.74) is 10.3. The predicted molar refractivity (Wildman–Crippen MR) is 350 cm³/mol. The number of likely N-dealkylation sites (N-methyl/N-ethyl adjacent to an activating group) is 2. The molecule has 3 aliphatic heterocycles. The Morgan fingerprint density at radius 3 is 1.57 bits per heavy atom. The van der Waals surface area contributed by atoms with E-state index >= 15 is 0 Å². The number of fused-ring (bicyclic) bond motifs is 9. The third-order valence-electron chi connectivity index (χ3n) is 15.5. The van der Waals surface area contributed by atoms with Crippen LogP contribution in [0.25, 0.3) is 86.8 Å². The van der Waals surface area contributed by atoms with Crippen molar-refractivity contribution in [3.63, 3.8) is 0 Å². The van der Waals surface area contributed by atoms with Gasteiger partial charge in [-0.1, -0.05) is 0 Å². The molecule has 2 amide bonds. The SMILES string of the molecule is CCN(C)C(=O)/C(=C/c1ccc(-c2c[c]3c(s2)-c2cc4c[c]5c(cc4c[c]2[Ge]3([CH2]C(C)C)[CH2]C(C)C)-c2sc(-c3ccc(/C=C4\SC(=S)N(CC)C4=O)c4nsnc34)c[c]2[Ge]5([CH2]C(C)C)[CH2]C(C)C)c2nsnc12)SC=S. The van der Waals surface area contributed by atoms with Crippen molar-refractivity contribution >= 4 is 204 Å². The normalized spacial score (nSPS) is 16.2. The van der Waals surface area contributed by atoms with Gasteiger partial charge in [-0.3, -0.25) is 0 Å². The van der Waals surface area contributed by atoms with Crippen LogP contribution in [0.5, 0.6) is 0 Å². The summed E-state index contributed by atoms with van der Waals surface area (Å²) in [5.74, 6) is 2.10. The zero-order chi connectivity index (χ0) is 54.4. The van der Waals surface area contributed by atoms with E-state index in [1.165, 1.54) is 109 Å². The first-order valence-corrected chi connectivity index (χ1v) is 42.5. The van der Waals surface area contributed by atoms with E-state index in [1.54, 1.807) is 32.1 Å². The van der Waals surface area contributed by atoms with Crippen molar-refractivity contribution in [2.45, 2.75) is 90.3 Å². The van der Waals surface area contributed by atoms with Gasteiger partial charge >= 0.3 is 484 Å². The Labute approximate surface area is 493 Å². The number of aromatic nitrogens is 4. The van der Waals surface area contributed by atoms with E-state index in [2.05, 4.69) is 116 Å². The summed E-state index contributed by atoms with van der Waals surface area (Å²) in [6.07, 6.45) is 3.88. The Morgan fingerprint density at radius 1 is 0.662 bits per heavy atom. The monoisotopic (exact) mass is 1290 g/mol. The van der Waals surface area contributed by atoms with Gasteiger partial charge in [0.1, 0.15) is 0 Å². The summed E-state index contributed by atoms with van der Waals surface area (Å²) in [7, 11) is 1.82. The predicted octanol–water partition coefficient (Wildman–Crippen LogP) is 14.7. The van der Waals surface area contributed by atoms with Crippen molar-refractivity contribution in [1.82, 2.24) is 27.3 Å². The fourth-order valence-corrected chi connectivity index (χ4v) is 48.2. The number of thiocarbonyl (C=S) groups is 2. The van der Waals surface area contributed by atoms with Crippen LogP contribution in [0.4, 0.5) is 0 Å². The van der Waals surface area contributed by atoms with E-state index in [-0.39, 0.29) is 11.8 Å². The number of hydrogen-bond acceptors (Lipinski definition) is 14. The molecule has 0 aliphatic carbocycles. The van der Waals surface area contributed by atoms with Crippen LogP contribution in [0.1, 0.15) is 80.4 Å². The van der Waals surface area contributed by atoms with Gasteiger partial charge in [0.15, 0.2) is 0 Å². The van der Waals surface area contributed by atoms with Crippen LogP contribution >= 0.6 is 94.1 Å². The van der Waals surface area contributed by atoms with Crippen molar-refractivity contribution in [3.8, 4) is 41.8 Å². The van der Waals surface area contributed by atoms with Crippen LogP contribution < -0.4 is 17.6 Å². The van der Waals surface area contributed by atoms with Crippen LogP contribution in [0, 0.1) is 23.7 Å². The molecular formula is C59H62Ge2N6O2S8. The molecule has 0 atom stereocenters. The van der Waals surface area contributed by atoms with Gasteiger partial charge in [-0.15, -0.1) is 0 Å². The number of rotatable bonds is 17. The fraction of sp³-hybridized carbons (Fsp3) is 0.356. The molecule has 396 valence electrons. The van der Waals surface area contributed by atoms with Gasteiger partial charge in [0.2, 0.25) is 0 Å². The van der Waals surface area contributed by atoms with E-state index in [4.69, 9.17) is 41.9 Å². The molecule has 1 saturated heterocycles. The van der Waals surface area contributed by atoms with Gasteiger partial charge in [0, 0.05) is 0 Å². The van der Waals surface area contributed by atoms with E-state index in [9.17, 15) is 9.59 Å². The summed E-state index contributed by atoms with van der Waals surface area (Å²) in [6, 6.07) is 24.4. The van der Waals surface area contributed by atoms with Crippen molar-refractivity contribution in [2.24, 2.45) is 23.7 Å². The van der Waals surface area contributed by atoms with Crippen LogP contribution in [0.3, 0.4) is 0 Å². The second kappa shape index (κ2) is 21.8. The Kier molecular flexibility index (Phi) is 15.7. The molecule has 3 aliphatic rings. The topological polar surface area (TPSA) is 92.2 Å². The number of amides is 2. The van der Waals surface area contributed by atoms with Crippen molar-refractivity contribution in [1.29, 1.82) is 0 Å². The molecule has 8 aromatic rings. The molecule has 0 spiro atoms. The zero-order valence-corrected chi connectivity index (χ0v) is 56.1. The number of hydrogen-bond donors (Lipinski definition) is 0. The number of carbonyl (C=O) groups is 2. The average molecular weight is 1290 g/mol. The van der Waals surface area contributed by atoms with Crippen molar-refractivity contribution in [2.75, 3.05) is 20.1 Å². The molecule has 0 radical (unpaired) electrons. The van der Waals surface area contributed by atoms with Crippen LogP contribution in [-0.2, 0) is 9.59 Å². The van der Waals surface area contributed by atoms with Crippen LogP contribution in [0.2, 0.25) is 21.0 Å². The maximum atomic E-state index is 13.4. The van der Waals surface area contributed by atoms with Crippen LogP contribution in [0.15, 0.2) is 70.5 Å². The fourth-order valence-electron chi connectivity index (χ4n) is 12.8. The Balaban J connectivity index is 1.06. The summed E-state index contributed by atoms with van der Waals surface area (Å²) < 4.78 is 28.3. The average Bonchev–Trinajstić information content (AvgIpc) is 4.46. The third-order valence-corrected chi connectivity index (χ3v) is 46.8. The molecule has 77 heavy (non-hydrogen) atoms. The molecule has 0 N–H and O–H groups in total. The van der Waals surface area contributed by atoms with Gasteiger partial charge < -0.3 is 0 Å². The summed E-state index contributed by atoms with van der Waals surface area (Å²) in [6.45, 7) is 24.5. The quantitative estimate of drug-likeness (QED) is 0.0499. The minimum atomic E-state index is -3.08. The zero-order valence-electron chi connectivity index (χ0n) is 45.3. The van der Waals surface area contributed by atoms with E-state index in [0.29, 0.717) is 50.9 Å². The second-order valence-electron chi connectivity index (χ2n) is 22.7. The molecule has 18 heteroatoms. The number of thioether (sulfide) groups is 2. The molecule has 0 unspecified atom stereocenters. The van der Waals surface area contributed by atoms with Crippen molar-refractivity contribution in [3.05, 3.63) is 81.6 Å². The molecule has 8 nitrogen and oxygen atoms in total. The molecule has 4 aromatic heterocycles. The van der Waals surface area contributed by atoms with Gasteiger partial charge in [0.05, 0.1) is 0 Å². The summed E-state index contributed by atoms with van der Waals surface area (Å²) in [4.78, 5) is 36.7. The van der Waals surface area contributed by atoms with Gasteiger partial charge in [-0.05, 0) is 13.8 Å². The summed E-state index contributed by atoms with van der Waals surface area (Å²) in [5, 5.41) is 7.67. The number of nitrogens with zero attached hydrogens (tertiary/aromatic N) is 6. The minimum absolute atomic E-state index is 0.0444. The maximum absolute atomic E-state index is 13.4. The summed E-state index contributed by atoms with van der Waals surface area (Å²) >= 11 is 13.6. The first-order chi connectivity index (χ1) is 36.9. The molecule has 4 aromatic carbocycles. The second-order valence-corrected chi connectivity index (χ2v) is 46.0. The number of thiophene rings is 2. The molecule has 0 bridgehead atoms. The van der Waals surface area contributed by atoms with Gasteiger partial charge in [-0.2, -0.15) is 0 Å². The first kappa shape index (κ1) is 55.5. The van der Waals surface area contributed by atoms with Gasteiger partial charge in [0.25, 0.3) is 0 Å². The third kappa shape index (κ3) is 9.64. The molecule has 7 heterocycles. The first-order valence-electron chi connectivity index (χ1n) is 26.7. The number of carbonyl (C=O) groups excluding carboxylic acids is 2. The Bertz CT molecular complexity index is 3790. The van der Waals surface area contributed by atoms with Crippen LogP contribution in [-0.4, -0.2) is 94.8 Å². The van der Waals surface area contributed by atoms with Gasteiger partial charge in [-0.25, -0.2) is 0 Å². The molecule has 0 saturated carbocycles. The molecular weight excluding hydrogens is 1230 g/mol. The van der Waals surface area contributed by atoms with E-state index in [0.717, 1.165) is 44.3 Å². The molecule has 1 fully saturated rings. The Hall–Kier alpha value is -3.43. The van der Waals surface area contributed by atoms with Crippen molar-refractivity contribution < 1.29 is 9.59 Å². The Morgan fingerprint density at radius 2 is 1.13 bits per heavy atom.